The molecule has 0 aliphatic heterocycles. The Morgan fingerprint density at radius 1 is 1.46 bits per heavy atom. The maximum atomic E-state index is 11.0. The Kier molecular flexibility index (Phi) is 3.47. The summed E-state index contributed by atoms with van der Waals surface area (Å²) in [6.45, 7) is 0. The summed E-state index contributed by atoms with van der Waals surface area (Å²) >= 11 is 0. The summed E-state index contributed by atoms with van der Waals surface area (Å²) in [4.78, 5) is 0.582. The Morgan fingerprint density at radius 3 is 2.69 bits per heavy atom. The van der Waals surface area contributed by atoms with Gasteiger partial charge in [0.25, 0.3) is 0 Å². The van der Waals surface area contributed by atoms with E-state index in [1.54, 1.807) is 18.2 Å². The van der Waals surface area contributed by atoms with Gasteiger partial charge in [-0.2, -0.15) is 0 Å². The van der Waals surface area contributed by atoms with Crippen molar-refractivity contribution in [1.29, 1.82) is 0 Å². The highest BCUT2D eigenvalue weighted by Crippen LogP contribution is 2.15. The fourth-order valence-electron chi connectivity index (χ4n) is 0.848. The van der Waals surface area contributed by atoms with Gasteiger partial charge in [0.05, 0.1) is 0 Å². The molecule has 1 atom stereocenters. The van der Waals surface area contributed by atoms with Crippen LogP contribution in [-0.4, -0.2) is 27.8 Å². The van der Waals surface area contributed by atoms with Crippen molar-refractivity contribution in [2.24, 2.45) is 0 Å². The van der Waals surface area contributed by atoms with Gasteiger partial charge in [-0.1, -0.05) is 6.07 Å². The van der Waals surface area contributed by atoms with E-state index < -0.39 is 18.1 Å². The van der Waals surface area contributed by atoms with Gasteiger partial charge in [-0.25, -0.2) is 0 Å². The standard InChI is InChI=1S/C7H9BO4S/c1-13(11)7-4-2-3-6(5-7)12-8(9)10/h2-5,9-10H,1H3. The summed E-state index contributed by atoms with van der Waals surface area (Å²) in [6.07, 6.45) is 1.54. The minimum atomic E-state index is -1.85. The van der Waals surface area contributed by atoms with Crippen LogP contribution in [0.25, 0.3) is 0 Å². The summed E-state index contributed by atoms with van der Waals surface area (Å²) in [7, 11) is -2.94. The van der Waals surface area contributed by atoms with E-state index >= 15 is 0 Å². The van der Waals surface area contributed by atoms with E-state index in [0.29, 0.717) is 4.90 Å². The highest BCUT2D eigenvalue weighted by molar-refractivity contribution is 7.84. The van der Waals surface area contributed by atoms with E-state index in [2.05, 4.69) is 4.65 Å². The van der Waals surface area contributed by atoms with Crippen molar-refractivity contribution in [1.82, 2.24) is 0 Å². The first-order valence-corrected chi connectivity index (χ1v) is 5.11. The second kappa shape index (κ2) is 4.41. The third-order valence-corrected chi connectivity index (χ3v) is 2.30. The molecule has 0 saturated heterocycles. The van der Waals surface area contributed by atoms with Gasteiger partial charge < -0.3 is 14.7 Å². The van der Waals surface area contributed by atoms with E-state index in [-0.39, 0.29) is 5.75 Å². The van der Waals surface area contributed by atoms with Crippen LogP contribution in [0, 0.1) is 0 Å². The van der Waals surface area contributed by atoms with Crippen molar-refractivity contribution < 1.29 is 18.9 Å². The molecule has 0 saturated carbocycles. The summed E-state index contributed by atoms with van der Waals surface area (Å²) in [5.41, 5.74) is 0. The van der Waals surface area contributed by atoms with Crippen LogP contribution in [0.5, 0.6) is 5.75 Å². The average molecular weight is 200 g/mol. The molecule has 1 unspecified atom stereocenters. The third kappa shape index (κ3) is 3.18. The quantitative estimate of drug-likeness (QED) is 0.661. The largest absolute Gasteiger partial charge is 0.707 e. The Bertz CT molecular complexity index is 315. The molecule has 70 valence electrons. The molecule has 1 aromatic rings. The molecule has 0 amide bonds. The van der Waals surface area contributed by atoms with Crippen molar-refractivity contribution in [3.63, 3.8) is 0 Å². The second-order valence-corrected chi connectivity index (χ2v) is 3.75. The van der Waals surface area contributed by atoms with Gasteiger partial charge in [-0.15, -0.1) is 0 Å². The van der Waals surface area contributed by atoms with Gasteiger partial charge in [0.15, 0.2) is 0 Å². The van der Waals surface area contributed by atoms with Gasteiger partial charge in [0.1, 0.15) is 5.75 Å². The zero-order valence-corrected chi connectivity index (χ0v) is 7.82. The molecule has 0 aliphatic rings. The van der Waals surface area contributed by atoms with Crippen LogP contribution in [0.15, 0.2) is 29.2 Å². The van der Waals surface area contributed by atoms with Gasteiger partial charge in [0, 0.05) is 22.0 Å². The zero-order valence-electron chi connectivity index (χ0n) is 7.01. The van der Waals surface area contributed by atoms with Crippen LogP contribution < -0.4 is 4.65 Å². The van der Waals surface area contributed by atoms with Crippen LogP contribution >= 0.6 is 0 Å². The predicted molar refractivity (Wildman–Crippen MR) is 49.6 cm³/mol. The van der Waals surface area contributed by atoms with Gasteiger partial charge in [-0.05, 0) is 18.2 Å². The van der Waals surface area contributed by atoms with E-state index in [9.17, 15) is 4.21 Å². The number of hydrogen-bond acceptors (Lipinski definition) is 4. The Morgan fingerprint density at radius 2 is 2.15 bits per heavy atom. The van der Waals surface area contributed by atoms with Gasteiger partial charge in [-0.3, -0.25) is 4.21 Å². The highest BCUT2D eigenvalue weighted by atomic mass is 32.2. The van der Waals surface area contributed by atoms with Crippen LogP contribution in [-0.2, 0) is 10.8 Å². The van der Waals surface area contributed by atoms with E-state index in [4.69, 9.17) is 10.0 Å². The molecule has 0 heterocycles. The van der Waals surface area contributed by atoms with Crippen LogP contribution in [0.4, 0.5) is 0 Å². The normalized spacial score (nSPS) is 12.2. The van der Waals surface area contributed by atoms with Crippen molar-refractivity contribution in [3.05, 3.63) is 24.3 Å². The smallest absolute Gasteiger partial charge is 0.512 e. The number of benzene rings is 1. The minimum absolute atomic E-state index is 0.280. The molecule has 4 nitrogen and oxygen atoms in total. The molecule has 0 aromatic heterocycles. The number of rotatable bonds is 3. The molecule has 6 heteroatoms. The minimum Gasteiger partial charge on any atom is -0.512 e. The van der Waals surface area contributed by atoms with Gasteiger partial charge >= 0.3 is 7.32 Å². The molecular weight excluding hydrogens is 191 g/mol. The maximum Gasteiger partial charge on any atom is 0.707 e. The third-order valence-electron chi connectivity index (χ3n) is 1.38. The first-order chi connectivity index (χ1) is 6.09. The summed E-state index contributed by atoms with van der Waals surface area (Å²) in [5, 5.41) is 17.0. The lowest BCUT2D eigenvalue weighted by Gasteiger charge is -2.04. The Hall–Kier alpha value is -0.845. The molecule has 2 N–H and O–H groups in total. The van der Waals surface area contributed by atoms with Gasteiger partial charge in [0.2, 0.25) is 0 Å². The Labute approximate surface area is 78.8 Å². The molecular formula is C7H9BO4S. The fraction of sp³-hybridized carbons (Fsp3) is 0.143. The molecule has 13 heavy (non-hydrogen) atoms. The zero-order chi connectivity index (χ0) is 9.84. The molecule has 0 spiro atoms. The van der Waals surface area contributed by atoms with Crippen molar-refractivity contribution >= 4 is 18.1 Å². The van der Waals surface area contributed by atoms with E-state index in [1.807, 2.05) is 0 Å². The molecule has 0 fully saturated rings. The van der Waals surface area contributed by atoms with E-state index in [1.165, 1.54) is 12.3 Å². The fourth-order valence-corrected chi connectivity index (χ4v) is 1.40. The molecule has 0 radical (unpaired) electrons. The highest BCUT2D eigenvalue weighted by Gasteiger charge is 2.11. The number of hydrogen-bond donors (Lipinski definition) is 2. The SMILES string of the molecule is CS(=O)c1cccc(OB(O)O)c1. The maximum absolute atomic E-state index is 11.0. The predicted octanol–water partition coefficient (Wildman–Crippen LogP) is -0.228. The second-order valence-electron chi connectivity index (χ2n) is 2.37. The van der Waals surface area contributed by atoms with E-state index in [0.717, 1.165) is 0 Å². The molecule has 1 rings (SSSR count). The average Bonchev–Trinajstić information content (AvgIpc) is 2.03. The van der Waals surface area contributed by atoms with Crippen molar-refractivity contribution in [2.75, 3.05) is 6.26 Å². The first kappa shape index (κ1) is 10.2. The summed E-state index contributed by atoms with van der Waals surface area (Å²) in [6, 6.07) is 6.35. The van der Waals surface area contributed by atoms with Crippen LogP contribution in [0.2, 0.25) is 0 Å². The lowest BCUT2D eigenvalue weighted by molar-refractivity contribution is 0.288. The summed E-state index contributed by atoms with van der Waals surface area (Å²) < 4.78 is 15.6. The van der Waals surface area contributed by atoms with Crippen LogP contribution in [0.1, 0.15) is 0 Å². The topological polar surface area (TPSA) is 66.8 Å². The van der Waals surface area contributed by atoms with Crippen molar-refractivity contribution in [3.8, 4) is 5.75 Å². The monoisotopic (exact) mass is 200 g/mol. The summed E-state index contributed by atoms with van der Waals surface area (Å²) in [5.74, 6) is 0.280. The Balaban J connectivity index is 2.85. The molecule has 0 bridgehead atoms. The molecule has 0 aliphatic carbocycles. The lowest BCUT2D eigenvalue weighted by Crippen LogP contribution is -2.20. The lowest BCUT2D eigenvalue weighted by atomic mass is 10.2. The van der Waals surface area contributed by atoms with Crippen LogP contribution in [0.3, 0.4) is 0 Å². The van der Waals surface area contributed by atoms with Crippen molar-refractivity contribution in [2.45, 2.75) is 4.90 Å². The first-order valence-electron chi connectivity index (χ1n) is 3.56. The molecule has 1 aromatic carbocycles.